The minimum atomic E-state index is -0.343. The molecule has 1 aliphatic carbocycles. The van der Waals surface area contributed by atoms with Crippen molar-refractivity contribution in [1.29, 1.82) is 0 Å². The molecule has 1 saturated carbocycles. The molecule has 0 unspecified atom stereocenters. The molecular formula is C19H28N2O4. The van der Waals surface area contributed by atoms with Crippen molar-refractivity contribution in [2.75, 3.05) is 13.1 Å². The predicted octanol–water partition coefficient (Wildman–Crippen LogP) is 1.63. The van der Waals surface area contributed by atoms with Crippen molar-refractivity contribution in [2.45, 2.75) is 70.0 Å². The Balaban J connectivity index is 1.29. The second-order valence-corrected chi connectivity index (χ2v) is 8.12. The summed E-state index contributed by atoms with van der Waals surface area (Å²) in [5.74, 6) is -0.782. The van der Waals surface area contributed by atoms with Crippen LogP contribution in [0.3, 0.4) is 0 Å². The number of rotatable bonds is 4. The van der Waals surface area contributed by atoms with Gasteiger partial charge in [0.2, 0.25) is 17.7 Å². The van der Waals surface area contributed by atoms with Crippen LogP contribution in [-0.4, -0.2) is 47.9 Å². The molecule has 0 aromatic heterocycles. The molecule has 3 amide bonds. The quantitative estimate of drug-likeness (QED) is 0.784. The number of nitrogens with one attached hydrogen (secondary N) is 1. The summed E-state index contributed by atoms with van der Waals surface area (Å²) in [5.41, 5.74) is 0. The second-order valence-electron chi connectivity index (χ2n) is 8.12. The number of amides is 3. The molecule has 0 aromatic rings. The van der Waals surface area contributed by atoms with E-state index >= 15 is 0 Å². The van der Waals surface area contributed by atoms with Crippen molar-refractivity contribution in [3.63, 3.8) is 0 Å². The highest BCUT2D eigenvalue weighted by molar-refractivity contribution is 6.08. The number of hydrogen-bond donors (Lipinski definition) is 1. The Kier molecular flexibility index (Phi) is 4.80. The first-order valence-corrected chi connectivity index (χ1v) is 9.92. The van der Waals surface area contributed by atoms with E-state index in [4.69, 9.17) is 4.74 Å². The average molecular weight is 348 g/mol. The fraction of sp³-hybridized carbons (Fsp3) is 0.842. The maximum absolute atomic E-state index is 12.6. The summed E-state index contributed by atoms with van der Waals surface area (Å²) in [6, 6.07) is 0. The van der Waals surface area contributed by atoms with Crippen molar-refractivity contribution < 1.29 is 19.1 Å². The minimum absolute atomic E-state index is 0.116. The molecule has 25 heavy (non-hydrogen) atoms. The van der Waals surface area contributed by atoms with E-state index in [2.05, 4.69) is 5.32 Å². The number of nitrogens with zero attached hydrogens (tertiary/aromatic N) is 1. The summed E-state index contributed by atoms with van der Waals surface area (Å²) < 4.78 is 5.71. The fourth-order valence-corrected chi connectivity index (χ4v) is 5.13. The molecular weight excluding hydrogens is 320 g/mol. The van der Waals surface area contributed by atoms with E-state index in [0.29, 0.717) is 12.5 Å². The van der Waals surface area contributed by atoms with Gasteiger partial charge in [0.1, 0.15) is 6.54 Å². The number of fused-ring (bicyclic) bond motifs is 5. The van der Waals surface area contributed by atoms with Gasteiger partial charge < -0.3 is 10.1 Å². The van der Waals surface area contributed by atoms with Gasteiger partial charge in [0.05, 0.1) is 24.0 Å². The molecule has 4 fully saturated rings. The molecule has 0 radical (unpaired) electrons. The molecule has 4 rings (SSSR count). The van der Waals surface area contributed by atoms with Gasteiger partial charge >= 0.3 is 0 Å². The predicted molar refractivity (Wildman–Crippen MR) is 90.4 cm³/mol. The molecule has 4 aliphatic rings. The zero-order valence-corrected chi connectivity index (χ0v) is 14.7. The molecule has 6 nitrogen and oxygen atoms in total. The van der Waals surface area contributed by atoms with E-state index in [1.807, 2.05) is 0 Å². The molecule has 3 heterocycles. The fourth-order valence-electron chi connectivity index (χ4n) is 5.13. The average Bonchev–Trinajstić information content (AvgIpc) is 3.24. The summed E-state index contributed by atoms with van der Waals surface area (Å²) in [5, 5.41) is 2.96. The highest BCUT2D eigenvalue weighted by Crippen LogP contribution is 2.48. The summed E-state index contributed by atoms with van der Waals surface area (Å²) in [4.78, 5) is 38.6. The number of hydrogen-bond acceptors (Lipinski definition) is 4. The monoisotopic (exact) mass is 348 g/mol. The van der Waals surface area contributed by atoms with Crippen LogP contribution in [0, 0.1) is 17.8 Å². The van der Waals surface area contributed by atoms with Crippen LogP contribution in [-0.2, 0) is 19.1 Å². The van der Waals surface area contributed by atoms with Crippen LogP contribution in [0.15, 0.2) is 0 Å². The van der Waals surface area contributed by atoms with Crippen LogP contribution in [0.1, 0.15) is 57.8 Å². The van der Waals surface area contributed by atoms with E-state index in [1.165, 1.54) is 37.0 Å². The highest BCUT2D eigenvalue weighted by atomic mass is 16.5. The van der Waals surface area contributed by atoms with Crippen LogP contribution in [0.4, 0.5) is 0 Å². The lowest BCUT2D eigenvalue weighted by molar-refractivity contribution is -0.146. The Labute approximate surface area is 148 Å². The van der Waals surface area contributed by atoms with Crippen LogP contribution < -0.4 is 5.32 Å². The maximum atomic E-state index is 12.6. The van der Waals surface area contributed by atoms with Crippen molar-refractivity contribution >= 4 is 17.7 Å². The van der Waals surface area contributed by atoms with Gasteiger partial charge in [0.15, 0.2) is 0 Å². The third kappa shape index (κ3) is 3.21. The van der Waals surface area contributed by atoms with Gasteiger partial charge in [0, 0.05) is 6.54 Å². The van der Waals surface area contributed by atoms with E-state index in [0.717, 1.165) is 25.7 Å². The number of carbonyl (C=O) groups excluding carboxylic acids is 3. The maximum Gasteiger partial charge on any atom is 0.240 e. The van der Waals surface area contributed by atoms with Crippen molar-refractivity contribution in [3.8, 4) is 0 Å². The first-order valence-electron chi connectivity index (χ1n) is 9.92. The molecule has 3 saturated heterocycles. The van der Waals surface area contributed by atoms with E-state index in [9.17, 15) is 14.4 Å². The molecule has 0 spiro atoms. The lowest BCUT2D eigenvalue weighted by atomic mass is 9.81. The Morgan fingerprint density at radius 3 is 2.08 bits per heavy atom. The van der Waals surface area contributed by atoms with Crippen LogP contribution in [0.5, 0.6) is 0 Å². The van der Waals surface area contributed by atoms with Crippen LogP contribution in [0.25, 0.3) is 0 Å². The number of carbonyl (C=O) groups is 3. The summed E-state index contributed by atoms with van der Waals surface area (Å²) in [6.07, 6.45) is 10.2. The molecule has 2 bridgehead atoms. The molecule has 4 atom stereocenters. The van der Waals surface area contributed by atoms with E-state index < -0.39 is 0 Å². The van der Waals surface area contributed by atoms with Crippen LogP contribution >= 0.6 is 0 Å². The number of imide groups is 1. The zero-order chi connectivity index (χ0) is 17.4. The highest BCUT2D eigenvalue weighted by Gasteiger charge is 2.62. The van der Waals surface area contributed by atoms with Crippen LogP contribution in [0.2, 0.25) is 0 Å². The number of likely N-dealkylation sites (tertiary alicyclic amines) is 1. The normalized spacial score (nSPS) is 35.6. The van der Waals surface area contributed by atoms with Gasteiger partial charge in [-0.1, -0.05) is 32.1 Å². The zero-order valence-electron chi connectivity index (χ0n) is 14.7. The molecule has 138 valence electrons. The Hall–Kier alpha value is -1.43. The van der Waals surface area contributed by atoms with Gasteiger partial charge in [-0.05, 0) is 31.6 Å². The first-order chi connectivity index (χ1) is 12.1. The topological polar surface area (TPSA) is 75.7 Å². The second kappa shape index (κ2) is 7.06. The number of ether oxygens (including phenoxy) is 1. The van der Waals surface area contributed by atoms with E-state index in [1.54, 1.807) is 0 Å². The van der Waals surface area contributed by atoms with Crippen molar-refractivity contribution in [2.24, 2.45) is 17.8 Å². The van der Waals surface area contributed by atoms with Crippen molar-refractivity contribution in [1.82, 2.24) is 10.2 Å². The van der Waals surface area contributed by atoms with Gasteiger partial charge in [-0.25, -0.2) is 0 Å². The third-order valence-corrected chi connectivity index (χ3v) is 6.49. The molecule has 1 N–H and O–H groups in total. The summed E-state index contributed by atoms with van der Waals surface area (Å²) in [6.45, 7) is 0.535. The Morgan fingerprint density at radius 2 is 1.48 bits per heavy atom. The largest absolute Gasteiger partial charge is 0.373 e. The molecule has 3 aliphatic heterocycles. The Morgan fingerprint density at radius 1 is 0.920 bits per heavy atom. The smallest absolute Gasteiger partial charge is 0.240 e. The van der Waals surface area contributed by atoms with Gasteiger partial charge in [-0.2, -0.15) is 0 Å². The minimum Gasteiger partial charge on any atom is -0.373 e. The summed E-state index contributed by atoms with van der Waals surface area (Å²) in [7, 11) is 0. The first kappa shape index (κ1) is 17.0. The third-order valence-electron chi connectivity index (χ3n) is 6.49. The van der Waals surface area contributed by atoms with Gasteiger partial charge in [-0.15, -0.1) is 0 Å². The van der Waals surface area contributed by atoms with E-state index in [-0.39, 0.29) is 48.3 Å². The van der Waals surface area contributed by atoms with Gasteiger partial charge in [-0.3, -0.25) is 19.3 Å². The lowest BCUT2D eigenvalue weighted by Gasteiger charge is -2.21. The Bertz CT molecular complexity index is 528. The van der Waals surface area contributed by atoms with Gasteiger partial charge in [0.25, 0.3) is 0 Å². The molecule has 6 heteroatoms. The lowest BCUT2D eigenvalue weighted by Crippen LogP contribution is -2.43. The SMILES string of the molecule is O=C(CN1C(=O)[C@@H]2[C@@H](C1=O)[C@H]1CC[C@H]2O1)NCC1CCCCCCC1. The van der Waals surface area contributed by atoms with Crippen molar-refractivity contribution in [3.05, 3.63) is 0 Å². The summed E-state index contributed by atoms with van der Waals surface area (Å²) >= 11 is 0. The molecule has 0 aromatic carbocycles. The standard InChI is InChI=1S/C19H28N2O4/c22-15(20-10-12-6-4-2-1-3-5-7-12)11-21-18(23)16-13-8-9-14(25-13)17(16)19(21)24/h12-14,16-17H,1-11H2,(H,20,22)/t13-,14-,16+,17+/m1/s1.